The molecule has 0 bridgehead atoms. The summed E-state index contributed by atoms with van der Waals surface area (Å²) in [7, 11) is 0. The number of nitrogens with one attached hydrogen (secondary N) is 1. The number of carbonyl (C=O) groups excluding carboxylic acids is 1. The number of thioether (sulfide) groups is 1. The maximum Gasteiger partial charge on any atom is 0.287 e. The van der Waals surface area contributed by atoms with Gasteiger partial charge in [-0.25, -0.2) is 0 Å². The van der Waals surface area contributed by atoms with E-state index in [0.29, 0.717) is 11.5 Å². The molecule has 1 aromatic carbocycles. The van der Waals surface area contributed by atoms with Crippen LogP contribution in [0.3, 0.4) is 0 Å². The fourth-order valence-electron chi connectivity index (χ4n) is 3.41. The predicted molar refractivity (Wildman–Crippen MR) is 130 cm³/mol. The average molecular weight is 453 g/mol. The molecule has 7 heteroatoms. The number of carbonyl (C=O) groups is 1. The lowest BCUT2D eigenvalue weighted by atomic mass is 10.1. The highest BCUT2D eigenvalue weighted by Crippen LogP contribution is 2.23. The molecule has 0 spiro atoms. The largest absolute Gasteiger partial charge is 0.455 e. The third-order valence-corrected chi connectivity index (χ3v) is 6.28. The molecule has 1 N–H and O–H groups in total. The second-order valence-corrected chi connectivity index (χ2v) is 8.72. The zero-order chi connectivity index (χ0) is 22.8. The molecule has 6 nitrogen and oxygen atoms in total. The lowest BCUT2D eigenvalue weighted by Gasteiger charge is -2.19. The van der Waals surface area contributed by atoms with Gasteiger partial charge in [0.25, 0.3) is 5.91 Å². The average Bonchev–Trinajstić information content (AvgIpc) is 3.31. The van der Waals surface area contributed by atoms with Crippen molar-refractivity contribution in [2.75, 3.05) is 19.6 Å². The maximum atomic E-state index is 12.5. The van der Waals surface area contributed by atoms with Gasteiger partial charge in [-0.1, -0.05) is 55.9 Å². The molecular weight excluding hydrogens is 420 g/mol. The van der Waals surface area contributed by atoms with Crippen LogP contribution >= 0.6 is 11.8 Å². The molecule has 2 aromatic heterocycles. The third-order valence-electron chi connectivity index (χ3n) is 5.34. The first kappa shape index (κ1) is 24.0. The number of hydrogen-bond acceptors (Lipinski definition) is 6. The highest BCUT2D eigenvalue weighted by atomic mass is 32.2. The van der Waals surface area contributed by atoms with Gasteiger partial charge in [-0.05, 0) is 63.7 Å². The fourth-order valence-corrected chi connectivity index (χ4v) is 4.12. The van der Waals surface area contributed by atoms with Crippen LogP contribution in [0.4, 0.5) is 0 Å². The van der Waals surface area contributed by atoms with Crippen molar-refractivity contribution < 1.29 is 9.21 Å². The number of rotatable bonds is 12. The van der Waals surface area contributed by atoms with E-state index in [-0.39, 0.29) is 11.9 Å². The molecule has 170 valence electrons. The van der Waals surface area contributed by atoms with Crippen LogP contribution in [-0.2, 0) is 5.75 Å². The van der Waals surface area contributed by atoms with Gasteiger partial charge in [0.05, 0.1) is 11.4 Å². The number of aromatic nitrogens is 2. The lowest BCUT2D eigenvalue weighted by molar-refractivity contribution is 0.0908. The Morgan fingerprint density at radius 1 is 1.06 bits per heavy atom. The lowest BCUT2D eigenvalue weighted by Crippen LogP contribution is -2.33. The first-order valence-corrected chi connectivity index (χ1v) is 12.2. The zero-order valence-electron chi connectivity index (χ0n) is 19.1. The van der Waals surface area contributed by atoms with Crippen LogP contribution in [0.5, 0.6) is 0 Å². The van der Waals surface area contributed by atoms with Gasteiger partial charge >= 0.3 is 0 Å². The summed E-state index contributed by atoms with van der Waals surface area (Å²) in [5.41, 5.74) is 1.89. The summed E-state index contributed by atoms with van der Waals surface area (Å²) in [6.45, 7) is 9.57. The Hall–Kier alpha value is -2.64. The Balaban J connectivity index is 1.44. The second kappa shape index (κ2) is 12.4. The van der Waals surface area contributed by atoms with Gasteiger partial charge in [-0.3, -0.25) is 4.79 Å². The number of amides is 1. The highest BCUT2D eigenvalue weighted by Gasteiger charge is 2.14. The summed E-state index contributed by atoms with van der Waals surface area (Å²) in [5, 5.41) is 12.4. The van der Waals surface area contributed by atoms with Gasteiger partial charge in [0.15, 0.2) is 5.76 Å². The monoisotopic (exact) mass is 452 g/mol. The van der Waals surface area contributed by atoms with Gasteiger partial charge in [0.2, 0.25) is 0 Å². The van der Waals surface area contributed by atoms with Gasteiger partial charge < -0.3 is 14.6 Å². The first-order chi connectivity index (χ1) is 15.6. The van der Waals surface area contributed by atoms with E-state index in [1.165, 1.54) is 11.8 Å². The standard InChI is InChI=1S/C25H32N4O2S/c1-4-29(5-2)17-9-10-19(3)26-25(30)23-15-13-21(31-23)18-32-24-16-14-22(27-28-24)20-11-7-6-8-12-20/h6-8,11-16,19H,4-5,9-10,17-18H2,1-3H3,(H,26,30). The van der Waals surface area contributed by atoms with E-state index >= 15 is 0 Å². The van der Waals surface area contributed by atoms with Gasteiger partial charge in [-0.2, -0.15) is 0 Å². The summed E-state index contributed by atoms with van der Waals surface area (Å²) in [4.78, 5) is 14.9. The van der Waals surface area contributed by atoms with Crippen molar-refractivity contribution in [3.05, 3.63) is 66.1 Å². The van der Waals surface area contributed by atoms with Crippen molar-refractivity contribution in [3.8, 4) is 11.3 Å². The number of nitrogens with zero attached hydrogens (tertiary/aromatic N) is 3. The minimum Gasteiger partial charge on any atom is -0.455 e. The van der Waals surface area contributed by atoms with E-state index in [1.807, 2.05) is 55.5 Å². The topological polar surface area (TPSA) is 71.3 Å². The highest BCUT2D eigenvalue weighted by molar-refractivity contribution is 7.98. The molecule has 1 unspecified atom stereocenters. The number of furan rings is 1. The summed E-state index contributed by atoms with van der Waals surface area (Å²) < 4.78 is 5.75. The van der Waals surface area contributed by atoms with Crippen molar-refractivity contribution in [1.82, 2.24) is 20.4 Å². The molecule has 0 fully saturated rings. The first-order valence-electron chi connectivity index (χ1n) is 11.2. The number of hydrogen-bond donors (Lipinski definition) is 1. The van der Waals surface area contributed by atoms with Crippen LogP contribution in [-0.4, -0.2) is 46.7 Å². The Kier molecular flexibility index (Phi) is 9.31. The van der Waals surface area contributed by atoms with Crippen molar-refractivity contribution >= 4 is 17.7 Å². The van der Waals surface area contributed by atoms with Crippen molar-refractivity contribution in [1.29, 1.82) is 0 Å². The van der Waals surface area contributed by atoms with Crippen molar-refractivity contribution in [2.24, 2.45) is 0 Å². The SMILES string of the molecule is CCN(CC)CCCC(C)NC(=O)c1ccc(CSc2ccc(-c3ccccc3)nn2)o1. The van der Waals surface area contributed by atoms with E-state index in [2.05, 4.69) is 34.3 Å². The van der Waals surface area contributed by atoms with E-state index in [0.717, 1.165) is 54.5 Å². The molecule has 0 radical (unpaired) electrons. The van der Waals surface area contributed by atoms with E-state index < -0.39 is 0 Å². The molecule has 0 saturated carbocycles. The molecule has 0 saturated heterocycles. The molecule has 3 rings (SSSR count). The minimum atomic E-state index is -0.163. The van der Waals surface area contributed by atoms with Crippen LogP contribution in [0.15, 0.2) is 64.0 Å². The summed E-state index contributed by atoms with van der Waals surface area (Å²) in [5.74, 6) is 1.51. The number of benzene rings is 1. The molecule has 0 aliphatic heterocycles. The van der Waals surface area contributed by atoms with Crippen molar-refractivity contribution in [2.45, 2.75) is 50.4 Å². The minimum absolute atomic E-state index is 0.111. The molecule has 2 heterocycles. The Morgan fingerprint density at radius 3 is 2.53 bits per heavy atom. The maximum absolute atomic E-state index is 12.5. The van der Waals surface area contributed by atoms with Gasteiger partial charge in [0, 0.05) is 11.6 Å². The van der Waals surface area contributed by atoms with E-state index in [9.17, 15) is 4.79 Å². The summed E-state index contributed by atoms with van der Waals surface area (Å²) in [6.07, 6.45) is 2.01. The van der Waals surface area contributed by atoms with Crippen LogP contribution in [0.25, 0.3) is 11.3 Å². The zero-order valence-corrected chi connectivity index (χ0v) is 19.9. The quantitative estimate of drug-likeness (QED) is 0.378. The normalized spacial score (nSPS) is 12.1. The van der Waals surface area contributed by atoms with Crippen LogP contribution < -0.4 is 5.32 Å². The molecule has 0 aliphatic carbocycles. The molecule has 3 aromatic rings. The molecule has 1 atom stereocenters. The smallest absolute Gasteiger partial charge is 0.287 e. The van der Waals surface area contributed by atoms with Gasteiger partial charge in [0.1, 0.15) is 10.8 Å². The summed E-state index contributed by atoms with van der Waals surface area (Å²) >= 11 is 1.53. The van der Waals surface area contributed by atoms with E-state index in [1.54, 1.807) is 6.07 Å². The Morgan fingerprint density at radius 2 is 1.84 bits per heavy atom. The fraction of sp³-hybridized carbons (Fsp3) is 0.400. The molecule has 32 heavy (non-hydrogen) atoms. The van der Waals surface area contributed by atoms with E-state index in [4.69, 9.17) is 4.42 Å². The van der Waals surface area contributed by atoms with Crippen LogP contribution in [0.1, 0.15) is 49.9 Å². The van der Waals surface area contributed by atoms with Crippen LogP contribution in [0, 0.1) is 0 Å². The Bertz CT molecular complexity index is 956. The summed E-state index contributed by atoms with van der Waals surface area (Å²) in [6, 6.07) is 17.6. The van der Waals surface area contributed by atoms with Gasteiger partial charge in [-0.15, -0.1) is 10.2 Å². The molecular formula is C25H32N4O2S. The Labute approximate surface area is 194 Å². The predicted octanol–water partition coefficient (Wildman–Crippen LogP) is 5.27. The second-order valence-electron chi connectivity index (χ2n) is 7.72. The molecule has 0 aliphatic rings. The van der Waals surface area contributed by atoms with Crippen LogP contribution in [0.2, 0.25) is 0 Å². The van der Waals surface area contributed by atoms with Crippen molar-refractivity contribution in [3.63, 3.8) is 0 Å². The third kappa shape index (κ3) is 7.21. The molecule has 1 amide bonds.